The van der Waals surface area contributed by atoms with Crippen molar-refractivity contribution in [2.75, 3.05) is 30.4 Å². The normalized spacial score (nSPS) is 10.2. The van der Waals surface area contributed by atoms with Crippen LogP contribution in [0.5, 0.6) is 0 Å². The van der Waals surface area contributed by atoms with E-state index in [1.807, 2.05) is 6.07 Å². The van der Waals surface area contributed by atoms with Crippen LogP contribution in [0, 0.1) is 0 Å². The summed E-state index contributed by atoms with van der Waals surface area (Å²) in [4.78, 5) is 30.3. The zero-order chi connectivity index (χ0) is 18.4. The van der Waals surface area contributed by atoms with Crippen LogP contribution in [0.1, 0.15) is 34.7 Å². The summed E-state index contributed by atoms with van der Waals surface area (Å²) < 4.78 is 4.67. The van der Waals surface area contributed by atoms with E-state index < -0.39 is 11.9 Å². The first kappa shape index (κ1) is 18.7. The molecule has 7 heteroatoms. The highest BCUT2D eigenvalue weighted by Crippen LogP contribution is 2.24. The van der Waals surface area contributed by atoms with Gasteiger partial charge in [-0.05, 0) is 44.2 Å². The van der Waals surface area contributed by atoms with Crippen LogP contribution in [0.3, 0.4) is 0 Å². The van der Waals surface area contributed by atoms with Crippen LogP contribution >= 0.6 is 11.6 Å². The molecule has 0 fully saturated rings. The Morgan fingerprint density at radius 2 is 1.92 bits per heavy atom. The molecule has 0 aliphatic heterocycles. The highest BCUT2D eigenvalue weighted by atomic mass is 35.5. The fourth-order valence-electron chi connectivity index (χ4n) is 2.35. The van der Waals surface area contributed by atoms with Gasteiger partial charge in [0.25, 0.3) is 5.91 Å². The molecule has 2 aromatic rings. The van der Waals surface area contributed by atoms with Gasteiger partial charge in [-0.2, -0.15) is 0 Å². The van der Waals surface area contributed by atoms with Crippen LogP contribution in [-0.4, -0.2) is 37.1 Å². The predicted octanol–water partition coefficient (Wildman–Crippen LogP) is 3.62. The van der Waals surface area contributed by atoms with E-state index in [2.05, 4.69) is 33.8 Å². The number of amides is 1. The first-order valence-electron chi connectivity index (χ1n) is 7.90. The summed E-state index contributed by atoms with van der Waals surface area (Å²) in [6, 6.07) is 8.03. The first-order chi connectivity index (χ1) is 12.0. The van der Waals surface area contributed by atoms with Gasteiger partial charge in [-0.1, -0.05) is 11.6 Å². The minimum Gasteiger partial charge on any atom is -0.465 e. The lowest BCUT2D eigenvalue weighted by Crippen LogP contribution is -2.22. The van der Waals surface area contributed by atoms with Crippen molar-refractivity contribution in [2.45, 2.75) is 13.8 Å². The number of carbonyl (C=O) groups excluding carboxylic acids is 2. The third kappa shape index (κ3) is 4.48. The molecule has 1 amide bonds. The van der Waals surface area contributed by atoms with Crippen LogP contribution in [0.2, 0.25) is 5.02 Å². The molecule has 25 heavy (non-hydrogen) atoms. The monoisotopic (exact) mass is 361 g/mol. The second kappa shape index (κ2) is 8.48. The number of carbonyl (C=O) groups is 2. The Morgan fingerprint density at radius 3 is 2.48 bits per heavy atom. The van der Waals surface area contributed by atoms with E-state index in [0.29, 0.717) is 16.3 Å². The van der Waals surface area contributed by atoms with Crippen molar-refractivity contribution in [1.82, 2.24) is 4.98 Å². The molecule has 2 rings (SSSR count). The molecule has 0 saturated heterocycles. The summed E-state index contributed by atoms with van der Waals surface area (Å²) >= 11 is 6.09. The largest absolute Gasteiger partial charge is 0.465 e. The van der Waals surface area contributed by atoms with E-state index in [-0.39, 0.29) is 5.69 Å². The molecule has 0 aliphatic carbocycles. The van der Waals surface area contributed by atoms with Crippen molar-refractivity contribution in [2.24, 2.45) is 0 Å². The van der Waals surface area contributed by atoms with Crippen LogP contribution in [0.4, 0.5) is 11.4 Å². The lowest BCUT2D eigenvalue weighted by molar-refractivity contribution is 0.0600. The Balaban J connectivity index is 2.18. The number of benzene rings is 1. The maximum absolute atomic E-state index is 12.4. The zero-order valence-corrected chi connectivity index (χ0v) is 15.1. The molecule has 1 aromatic carbocycles. The fourth-order valence-corrected chi connectivity index (χ4v) is 2.51. The number of pyridine rings is 1. The number of halogens is 1. The number of aromatic nitrogens is 1. The Hall–Kier alpha value is -2.60. The maximum Gasteiger partial charge on any atom is 0.337 e. The van der Waals surface area contributed by atoms with Gasteiger partial charge in [0.1, 0.15) is 5.69 Å². The molecule has 0 radical (unpaired) electrons. The van der Waals surface area contributed by atoms with Crippen molar-refractivity contribution < 1.29 is 14.3 Å². The van der Waals surface area contributed by atoms with Crippen molar-refractivity contribution in [3.05, 3.63) is 52.8 Å². The lowest BCUT2D eigenvalue weighted by atomic mass is 10.2. The number of methoxy groups -OCH3 is 1. The third-order valence-electron chi connectivity index (χ3n) is 3.74. The molecule has 1 N–H and O–H groups in total. The minimum atomic E-state index is -0.506. The molecular weight excluding hydrogens is 342 g/mol. The van der Waals surface area contributed by atoms with Gasteiger partial charge in [-0.25, -0.2) is 9.78 Å². The average molecular weight is 362 g/mol. The van der Waals surface area contributed by atoms with Crippen molar-refractivity contribution in [3.8, 4) is 0 Å². The second-order valence-electron chi connectivity index (χ2n) is 5.21. The minimum absolute atomic E-state index is 0.260. The lowest BCUT2D eigenvalue weighted by Gasteiger charge is -2.20. The van der Waals surface area contributed by atoms with Crippen molar-refractivity contribution in [1.29, 1.82) is 0 Å². The fraction of sp³-hybridized carbons (Fsp3) is 0.278. The van der Waals surface area contributed by atoms with Crippen LogP contribution < -0.4 is 10.2 Å². The molecule has 0 bridgehead atoms. The molecule has 1 aromatic heterocycles. The van der Waals surface area contributed by atoms with Crippen LogP contribution in [0.15, 0.2) is 36.5 Å². The maximum atomic E-state index is 12.4. The number of nitrogens with one attached hydrogen (secondary N) is 1. The average Bonchev–Trinajstić information content (AvgIpc) is 2.64. The summed E-state index contributed by atoms with van der Waals surface area (Å²) in [5.41, 5.74) is 1.83. The van der Waals surface area contributed by atoms with Crippen LogP contribution in [0.25, 0.3) is 0 Å². The molecule has 0 aliphatic rings. The smallest absolute Gasteiger partial charge is 0.337 e. The highest BCUT2D eigenvalue weighted by Gasteiger charge is 2.14. The van der Waals surface area contributed by atoms with Gasteiger partial charge < -0.3 is 15.0 Å². The summed E-state index contributed by atoms with van der Waals surface area (Å²) in [5, 5.41) is 2.99. The van der Waals surface area contributed by atoms with Crippen molar-refractivity contribution in [3.63, 3.8) is 0 Å². The van der Waals surface area contributed by atoms with Gasteiger partial charge in [0.15, 0.2) is 0 Å². The first-order valence-corrected chi connectivity index (χ1v) is 8.28. The molecule has 1 heterocycles. The Morgan fingerprint density at radius 1 is 1.20 bits per heavy atom. The number of nitrogens with zero attached hydrogens (tertiary/aromatic N) is 2. The van der Waals surface area contributed by atoms with E-state index in [1.54, 1.807) is 12.3 Å². The van der Waals surface area contributed by atoms with E-state index in [0.717, 1.165) is 18.8 Å². The van der Waals surface area contributed by atoms with E-state index in [9.17, 15) is 9.59 Å². The summed E-state index contributed by atoms with van der Waals surface area (Å²) in [6.45, 7) is 5.83. The number of hydrogen-bond acceptors (Lipinski definition) is 5. The van der Waals surface area contributed by atoms with Gasteiger partial charge in [0.05, 0.1) is 35.3 Å². The second-order valence-corrected chi connectivity index (χ2v) is 5.62. The quantitative estimate of drug-likeness (QED) is 0.795. The summed E-state index contributed by atoms with van der Waals surface area (Å²) in [5.74, 6) is -0.913. The number of anilines is 2. The van der Waals surface area contributed by atoms with Gasteiger partial charge in [0, 0.05) is 13.1 Å². The Kier molecular flexibility index (Phi) is 6.36. The molecule has 132 valence electrons. The topological polar surface area (TPSA) is 71.5 Å². The molecule has 6 nitrogen and oxygen atoms in total. The van der Waals surface area contributed by atoms with Gasteiger partial charge in [-0.3, -0.25) is 4.79 Å². The predicted molar refractivity (Wildman–Crippen MR) is 98.5 cm³/mol. The molecule has 0 atom stereocenters. The Labute approximate surface area is 151 Å². The van der Waals surface area contributed by atoms with E-state index in [4.69, 9.17) is 11.6 Å². The van der Waals surface area contributed by atoms with E-state index in [1.165, 1.54) is 25.3 Å². The standard InChI is InChI=1S/C18H20ClN3O3/c1-4-22(5-2)13-7-9-15(20-11-13)17(23)21-16-10-12(18(24)25-3)6-8-14(16)19/h6-11H,4-5H2,1-3H3,(H,21,23). The highest BCUT2D eigenvalue weighted by molar-refractivity contribution is 6.34. The number of hydrogen-bond donors (Lipinski definition) is 1. The van der Waals surface area contributed by atoms with Gasteiger partial charge in [-0.15, -0.1) is 0 Å². The SMILES string of the molecule is CCN(CC)c1ccc(C(=O)Nc2cc(C(=O)OC)ccc2Cl)nc1. The van der Waals surface area contributed by atoms with Gasteiger partial charge in [0.2, 0.25) is 0 Å². The third-order valence-corrected chi connectivity index (χ3v) is 4.07. The zero-order valence-electron chi connectivity index (χ0n) is 14.4. The summed E-state index contributed by atoms with van der Waals surface area (Å²) in [7, 11) is 1.29. The Bertz CT molecular complexity index is 759. The molecule has 0 saturated carbocycles. The van der Waals surface area contributed by atoms with Crippen LogP contribution in [-0.2, 0) is 4.74 Å². The molecular formula is C18H20ClN3O3. The molecule has 0 unspecified atom stereocenters. The van der Waals surface area contributed by atoms with E-state index >= 15 is 0 Å². The number of ether oxygens (including phenoxy) is 1. The number of esters is 1. The summed E-state index contributed by atoms with van der Waals surface area (Å²) in [6.07, 6.45) is 1.66. The van der Waals surface area contributed by atoms with Gasteiger partial charge >= 0.3 is 5.97 Å². The molecule has 0 spiro atoms. The number of rotatable bonds is 6. The van der Waals surface area contributed by atoms with Crippen molar-refractivity contribution >= 4 is 34.9 Å².